The molecule has 1 N–H and O–H groups in total. The Balaban J connectivity index is 1.39. The van der Waals surface area contributed by atoms with E-state index in [-0.39, 0.29) is 5.91 Å². The summed E-state index contributed by atoms with van der Waals surface area (Å²) in [5.74, 6) is -0.0685. The lowest BCUT2D eigenvalue weighted by molar-refractivity contribution is -0.114. The normalized spacial score (nSPS) is 21.6. The largest absolute Gasteiger partial charge is 0.347 e. The summed E-state index contributed by atoms with van der Waals surface area (Å²) in [4.78, 5) is 16.4. The molecule has 150 valence electrons. The van der Waals surface area contributed by atoms with Gasteiger partial charge in [0.05, 0.1) is 0 Å². The molecule has 2 aliphatic rings. The molecule has 0 spiro atoms. The zero-order valence-electron chi connectivity index (χ0n) is 16.7. The van der Waals surface area contributed by atoms with E-state index in [1.165, 1.54) is 45.6 Å². The van der Waals surface area contributed by atoms with Crippen LogP contribution in [0.2, 0.25) is 0 Å². The van der Waals surface area contributed by atoms with Crippen molar-refractivity contribution in [2.24, 2.45) is 0 Å². The molecule has 1 aromatic carbocycles. The molecule has 0 saturated carbocycles. The second-order valence-electron chi connectivity index (χ2n) is 7.95. The standard InChI is InChI=1S/C21H29N5OS/c1-15-6-3-4-11-26(15)19-9-12-25(13-10-19)21-24-23-20(28-21)17-7-5-8-18(14-17)22-16(2)27/h5,7-8,14-15,19H,3-4,6,9-13H2,1-2H3,(H,22,27). The second kappa shape index (κ2) is 8.57. The lowest BCUT2D eigenvalue weighted by Gasteiger charge is -2.43. The van der Waals surface area contributed by atoms with Crippen LogP contribution in [-0.2, 0) is 4.79 Å². The maximum atomic E-state index is 11.3. The van der Waals surface area contributed by atoms with Crippen LogP contribution in [0.25, 0.3) is 10.6 Å². The Morgan fingerprint density at radius 2 is 1.96 bits per heavy atom. The number of anilines is 2. The lowest BCUT2D eigenvalue weighted by Crippen LogP contribution is -2.50. The van der Waals surface area contributed by atoms with Gasteiger partial charge >= 0.3 is 0 Å². The van der Waals surface area contributed by atoms with Gasteiger partial charge in [0.1, 0.15) is 5.01 Å². The molecule has 6 nitrogen and oxygen atoms in total. The Hall–Kier alpha value is -1.99. The fourth-order valence-electron chi connectivity index (χ4n) is 4.44. The molecule has 1 unspecified atom stereocenters. The Bertz CT molecular complexity index is 815. The van der Waals surface area contributed by atoms with Crippen LogP contribution in [0, 0.1) is 0 Å². The number of rotatable bonds is 4. The number of likely N-dealkylation sites (tertiary alicyclic amines) is 1. The quantitative estimate of drug-likeness (QED) is 0.842. The first-order valence-corrected chi connectivity index (χ1v) is 11.1. The Morgan fingerprint density at radius 1 is 1.14 bits per heavy atom. The fraction of sp³-hybridized carbons (Fsp3) is 0.571. The van der Waals surface area contributed by atoms with Crippen molar-refractivity contribution in [2.75, 3.05) is 29.9 Å². The first-order valence-electron chi connectivity index (χ1n) is 10.3. The summed E-state index contributed by atoms with van der Waals surface area (Å²) in [5.41, 5.74) is 1.78. The Morgan fingerprint density at radius 3 is 2.71 bits per heavy atom. The van der Waals surface area contributed by atoms with Crippen LogP contribution in [-0.4, -0.2) is 52.7 Å². The Labute approximate surface area is 171 Å². The van der Waals surface area contributed by atoms with Crippen molar-refractivity contribution < 1.29 is 4.79 Å². The summed E-state index contributed by atoms with van der Waals surface area (Å²) in [6.07, 6.45) is 6.49. The van der Waals surface area contributed by atoms with Crippen molar-refractivity contribution in [1.82, 2.24) is 15.1 Å². The van der Waals surface area contributed by atoms with Crippen LogP contribution in [0.4, 0.5) is 10.8 Å². The van der Waals surface area contributed by atoms with Gasteiger partial charge in [-0.15, -0.1) is 10.2 Å². The molecule has 2 fully saturated rings. The molecule has 0 aliphatic carbocycles. The van der Waals surface area contributed by atoms with Gasteiger partial charge in [-0.3, -0.25) is 9.69 Å². The minimum Gasteiger partial charge on any atom is -0.347 e. The number of hydrogen-bond donors (Lipinski definition) is 1. The van der Waals surface area contributed by atoms with Crippen molar-refractivity contribution in [3.63, 3.8) is 0 Å². The molecule has 2 saturated heterocycles. The number of hydrogen-bond acceptors (Lipinski definition) is 6. The zero-order chi connectivity index (χ0) is 19.5. The highest BCUT2D eigenvalue weighted by Gasteiger charge is 2.30. The number of benzene rings is 1. The van der Waals surface area contributed by atoms with E-state index in [9.17, 15) is 4.79 Å². The zero-order valence-corrected chi connectivity index (χ0v) is 17.5. The molecular weight excluding hydrogens is 370 g/mol. The third kappa shape index (κ3) is 4.36. The number of carbonyl (C=O) groups excluding carboxylic acids is 1. The van der Waals surface area contributed by atoms with Gasteiger partial charge in [-0.05, 0) is 51.3 Å². The molecule has 4 rings (SSSR count). The van der Waals surface area contributed by atoms with Gasteiger partial charge in [-0.1, -0.05) is 29.9 Å². The number of aromatic nitrogens is 2. The number of nitrogens with zero attached hydrogens (tertiary/aromatic N) is 4. The van der Waals surface area contributed by atoms with E-state index in [0.717, 1.165) is 40.5 Å². The van der Waals surface area contributed by atoms with Crippen molar-refractivity contribution in [2.45, 2.75) is 58.0 Å². The molecule has 0 bridgehead atoms. The van der Waals surface area contributed by atoms with Gasteiger partial charge in [-0.2, -0.15) is 0 Å². The highest BCUT2D eigenvalue weighted by atomic mass is 32.1. The first kappa shape index (κ1) is 19.3. The molecule has 3 heterocycles. The monoisotopic (exact) mass is 399 g/mol. The summed E-state index contributed by atoms with van der Waals surface area (Å²) in [6, 6.07) is 9.24. The smallest absolute Gasteiger partial charge is 0.221 e. The van der Waals surface area contributed by atoms with Crippen LogP contribution < -0.4 is 10.2 Å². The molecule has 1 amide bonds. The van der Waals surface area contributed by atoms with Gasteiger partial charge in [0, 0.05) is 43.3 Å². The molecule has 2 aliphatic heterocycles. The highest BCUT2D eigenvalue weighted by Crippen LogP contribution is 2.33. The van der Waals surface area contributed by atoms with Crippen molar-refractivity contribution >= 4 is 28.1 Å². The van der Waals surface area contributed by atoms with E-state index >= 15 is 0 Å². The van der Waals surface area contributed by atoms with Crippen molar-refractivity contribution in [1.29, 1.82) is 0 Å². The molecular formula is C21H29N5OS. The summed E-state index contributed by atoms with van der Waals surface area (Å²) in [5, 5.41) is 13.6. The molecule has 1 aromatic heterocycles. The van der Waals surface area contributed by atoms with Gasteiger partial charge in [0.25, 0.3) is 0 Å². The van der Waals surface area contributed by atoms with Crippen molar-refractivity contribution in [3.05, 3.63) is 24.3 Å². The molecule has 7 heteroatoms. The van der Waals surface area contributed by atoms with Crippen LogP contribution in [0.1, 0.15) is 46.0 Å². The average molecular weight is 400 g/mol. The third-order valence-corrected chi connectivity index (χ3v) is 6.94. The van der Waals surface area contributed by atoms with Crippen LogP contribution in [0.15, 0.2) is 24.3 Å². The maximum absolute atomic E-state index is 11.3. The van der Waals surface area contributed by atoms with E-state index in [1.54, 1.807) is 11.3 Å². The predicted octanol–water partition coefficient (Wildman–Crippen LogP) is 4.01. The second-order valence-corrected chi connectivity index (χ2v) is 8.91. The maximum Gasteiger partial charge on any atom is 0.221 e. The number of piperidine rings is 2. The van der Waals surface area contributed by atoms with Crippen LogP contribution in [0.3, 0.4) is 0 Å². The van der Waals surface area contributed by atoms with Crippen molar-refractivity contribution in [3.8, 4) is 10.6 Å². The van der Waals surface area contributed by atoms with E-state index in [1.807, 2.05) is 24.3 Å². The molecule has 0 radical (unpaired) electrons. The summed E-state index contributed by atoms with van der Waals surface area (Å²) in [7, 11) is 0. The average Bonchev–Trinajstić information content (AvgIpc) is 3.19. The SMILES string of the molecule is CC(=O)Nc1cccc(-c2nnc(N3CCC(N4CCCCC4C)CC3)s2)c1. The minimum absolute atomic E-state index is 0.0685. The fourth-order valence-corrected chi connectivity index (χ4v) is 5.34. The predicted molar refractivity (Wildman–Crippen MR) is 115 cm³/mol. The van der Waals surface area contributed by atoms with Gasteiger partial charge < -0.3 is 10.2 Å². The van der Waals surface area contributed by atoms with E-state index in [0.29, 0.717) is 6.04 Å². The number of carbonyl (C=O) groups is 1. The van der Waals surface area contributed by atoms with E-state index in [4.69, 9.17) is 0 Å². The van der Waals surface area contributed by atoms with E-state index in [2.05, 4.69) is 32.2 Å². The summed E-state index contributed by atoms with van der Waals surface area (Å²) in [6.45, 7) is 7.27. The van der Waals surface area contributed by atoms with Crippen LogP contribution >= 0.6 is 11.3 Å². The third-order valence-electron chi connectivity index (χ3n) is 5.90. The molecule has 1 atom stereocenters. The first-order chi connectivity index (χ1) is 13.6. The topological polar surface area (TPSA) is 61.4 Å². The number of amides is 1. The van der Waals surface area contributed by atoms with Gasteiger partial charge in [0.2, 0.25) is 11.0 Å². The summed E-state index contributed by atoms with van der Waals surface area (Å²) >= 11 is 1.63. The van der Waals surface area contributed by atoms with Gasteiger partial charge in [-0.25, -0.2) is 0 Å². The van der Waals surface area contributed by atoms with Crippen LogP contribution in [0.5, 0.6) is 0 Å². The minimum atomic E-state index is -0.0685. The number of nitrogens with one attached hydrogen (secondary N) is 1. The molecule has 2 aromatic rings. The Kier molecular flexibility index (Phi) is 5.92. The summed E-state index contributed by atoms with van der Waals surface area (Å²) < 4.78 is 0. The van der Waals surface area contributed by atoms with Gasteiger partial charge in [0.15, 0.2) is 0 Å². The lowest BCUT2D eigenvalue weighted by atomic mass is 9.96. The molecule has 28 heavy (non-hydrogen) atoms. The van der Waals surface area contributed by atoms with E-state index < -0.39 is 0 Å². The highest BCUT2D eigenvalue weighted by molar-refractivity contribution is 7.18.